The smallest absolute Gasteiger partial charge is 0.230 e. The number of amides is 2. The van der Waals surface area contributed by atoms with Crippen LogP contribution in [0.5, 0.6) is 0 Å². The third kappa shape index (κ3) is 6.26. The van der Waals surface area contributed by atoms with E-state index in [-0.39, 0.29) is 12.5 Å². The summed E-state index contributed by atoms with van der Waals surface area (Å²) in [6, 6.07) is 8.84. The first-order valence-electron chi connectivity index (χ1n) is 10.1. The molecule has 1 aromatic carbocycles. The van der Waals surface area contributed by atoms with E-state index in [1.165, 1.54) is 29.6 Å². The predicted octanol–water partition coefficient (Wildman–Crippen LogP) is -1.06. The molecule has 1 saturated heterocycles. The summed E-state index contributed by atoms with van der Waals surface area (Å²) >= 11 is 1.50. The fourth-order valence-electron chi connectivity index (χ4n) is 3.31. The van der Waals surface area contributed by atoms with Crippen molar-refractivity contribution in [1.29, 1.82) is 0 Å². The Morgan fingerprint density at radius 1 is 1.22 bits per heavy atom. The quantitative estimate of drug-likeness (QED) is 0.311. The standard InChI is InChI=1S/C20H27N5O6S/c1-12(27)22-17-19(30)18(29)15(9-26)31-20(17)25-8-14(23-24-25)7-21-16(28)11-32-10-13-5-3-2-4-6-13/h2-6,8,15,17-20,26,29-30H,7,9-11H2,1H3,(H,21,28)(H,22,27)/t15?,17?,18-,19+,20+/m0/s1. The van der Waals surface area contributed by atoms with Gasteiger partial charge in [-0.2, -0.15) is 0 Å². The summed E-state index contributed by atoms with van der Waals surface area (Å²) < 4.78 is 6.93. The molecule has 0 radical (unpaired) electrons. The minimum Gasteiger partial charge on any atom is -0.394 e. The molecule has 1 fully saturated rings. The van der Waals surface area contributed by atoms with Gasteiger partial charge in [-0.3, -0.25) is 9.59 Å². The molecule has 11 nitrogen and oxygen atoms in total. The lowest BCUT2D eigenvalue weighted by atomic mass is 9.96. The van der Waals surface area contributed by atoms with Crippen molar-refractivity contribution >= 4 is 23.6 Å². The molecular formula is C20H27N5O6S. The van der Waals surface area contributed by atoms with Gasteiger partial charge in [0.25, 0.3) is 0 Å². The van der Waals surface area contributed by atoms with Gasteiger partial charge in [0, 0.05) is 12.7 Å². The van der Waals surface area contributed by atoms with E-state index < -0.39 is 43.1 Å². The van der Waals surface area contributed by atoms with Crippen molar-refractivity contribution in [2.45, 2.75) is 49.8 Å². The number of nitrogens with one attached hydrogen (secondary N) is 2. The second-order valence-corrected chi connectivity index (χ2v) is 8.39. The Balaban J connectivity index is 1.55. The highest BCUT2D eigenvalue weighted by molar-refractivity contribution is 7.99. The van der Waals surface area contributed by atoms with Crippen LogP contribution >= 0.6 is 11.8 Å². The topological polar surface area (TPSA) is 159 Å². The van der Waals surface area contributed by atoms with Gasteiger partial charge < -0.3 is 30.7 Å². The predicted molar refractivity (Wildman–Crippen MR) is 115 cm³/mol. The first-order chi connectivity index (χ1) is 15.4. The minimum absolute atomic E-state index is 0.136. The number of thioether (sulfide) groups is 1. The second-order valence-electron chi connectivity index (χ2n) is 7.40. The molecule has 1 aliphatic heterocycles. The van der Waals surface area contributed by atoms with E-state index in [1.54, 1.807) is 0 Å². The van der Waals surface area contributed by atoms with E-state index in [1.807, 2.05) is 30.3 Å². The lowest BCUT2D eigenvalue weighted by Gasteiger charge is -2.42. The Kier molecular flexibility index (Phi) is 8.59. The molecule has 0 aliphatic carbocycles. The summed E-state index contributed by atoms with van der Waals surface area (Å²) in [4.78, 5) is 23.6. The third-order valence-electron chi connectivity index (χ3n) is 4.90. The zero-order valence-corrected chi connectivity index (χ0v) is 18.3. The molecule has 174 valence electrons. The Bertz CT molecular complexity index is 898. The van der Waals surface area contributed by atoms with Gasteiger partial charge in [0.05, 0.1) is 25.1 Å². The van der Waals surface area contributed by atoms with E-state index in [4.69, 9.17) is 4.74 Å². The number of rotatable bonds is 9. The Hall–Kier alpha value is -2.51. The van der Waals surface area contributed by atoms with Crippen molar-refractivity contribution in [1.82, 2.24) is 25.6 Å². The van der Waals surface area contributed by atoms with Crippen LogP contribution in [0.15, 0.2) is 36.5 Å². The number of hydrogen-bond acceptors (Lipinski definition) is 9. The summed E-state index contributed by atoms with van der Waals surface area (Å²) in [5.74, 6) is 0.442. The summed E-state index contributed by atoms with van der Waals surface area (Å²) in [5.41, 5.74) is 1.58. The Labute approximate surface area is 189 Å². The van der Waals surface area contributed by atoms with Gasteiger partial charge in [0.1, 0.15) is 30.0 Å². The van der Waals surface area contributed by atoms with Crippen molar-refractivity contribution in [3.63, 3.8) is 0 Å². The van der Waals surface area contributed by atoms with Crippen molar-refractivity contribution < 1.29 is 29.6 Å². The van der Waals surface area contributed by atoms with E-state index >= 15 is 0 Å². The van der Waals surface area contributed by atoms with E-state index in [0.717, 1.165) is 11.3 Å². The van der Waals surface area contributed by atoms with E-state index in [2.05, 4.69) is 20.9 Å². The second kappa shape index (κ2) is 11.4. The molecule has 2 aromatic rings. The van der Waals surface area contributed by atoms with Crippen molar-refractivity contribution in [3.05, 3.63) is 47.8 Å². The molecule has 2 amide bonds. The molecule has 0 bridgehead atoms. The van der Waals surface area contributed by atoms with Gasteiger partial charge in [-0.25, -0.2) is 4.68 Å². The lowest BCUT2D eigenvalue weighted by molar-refractivity contribution is -0.219. The maximum Gasteiger partial charge on any atom is 0.230 e. The SMILES string of the molecule is CC(=O)NC1[C@@H](O)[C@@H](O)C(CO)O[C@H]1n1cc(CNC(=O)CSCc2ccccc2)nn1. The number of aliphatic hydroxyl groups excluding tert-OH is 3. The average Bonchev–Trinajstić information content (AvgIpc) is 3.25. The first kappa shape index (κ1) is 24.1. The molecule has 2 heterocycles. The highest BCUT2D eigenvalue weighted by Crippen LogP contribution is 2.28. The van der Waals surface area contributed by atoms with Gasteiger partial charge in [-0.1, -0.05) is 35.5 Å². The van der Waals surface area contributed by atoms with Crippen LogP contribution in [0, 0.1) is 0 Å². The largest absolute Gasteiger partial charge is 0.394 e. The van der Waals surface area contributed by atoms with Gasteiger partial charge in [-0.05, 0) is 5.56 Å². The molecule has 2 unspecified atom stereocenters. The lowest BCUT2D eigenvalue weighted by Crippen LogP contribution is -2.62. The van der Waals surface area contributed by atoms with E-state index in [0.29, 0.717) is 11.4 Å². The monoisotopic (exact) mass is 465 g/mol. The molecule has 1 aliphatic rings. The van der Waals surface area contributed by atoms with Crippen molar-refractivity contribution in [3.8, 4) is 0 Å². The van der Waals surface area contributed by atoms with Crippen LogP contribution in [0.1, 0.15) is 24.4 Å². The number of nitrogens with zero attached hydrogens (tertiary/aromatic N) is 3. The summed E-state index contributed by atoms with van der Waals surface area (Å²) in [7, 11) is 0. The number of carbonyl (C=O) groups is 2. The number of hydrogen-bond donors (Lipinski definition) is 5. The van der Waals surface area contributed by atoms with Gasteiger partial charge in [0.15, 0.2) is 6.23 Å². The van der Waals surface area contributed by atoms with Crippen molar-refractivity contribution in [2.24, 2.45) is 0 Å². The molecule has 32 heavy (non-hydrogen) atoms. The molecule has 1 aromatic heterocycles. The van der Waals surface area contributed by atoms with Crippen LogP contribution < -0.4 is 10.6 Å². The number of aliphatic hydroxyl groups is 3. The number of carbonyl (C=O) groups excluding carboxylic acids is 2. The van der Waals surface area contributed by atoms with Gasteiger partial charge in [-0.15, -0.1) is 16.9 Å². The van der Waals surface area contributed by atoms with Crippen LogP contribution in [0.2, 0.25) is 0 Å². The molecule has 0 spiro atoms. The van der Waals surface area contributed by atoms with Crippen LogP contribution in [0.25, 0.3) is 0 Å². The minimum atomic E-state index is -1.39. The summed E-state index contributed by atoms with van der Waals surface area (Å²) in [5, 5.41) is 43.2. The number of aromatic nitrogens is 3. The molecule has 0 saturated carbocycles. The Morgan fingerprint density at radius 3 is 2.66 bits per heavy atom. The van der Waals surface area contributed by atoms with Crippen LogP contribution in [0.3, 0.4) is 0 Å². The van der Waals surface area contributed by atoms with Gasteiger partial charge in [0.2, 0.25) is 11.8 Å². The maximum atomic E-state index is 12.1. The normalized spacial score (nSPS) is 25.3. The number of ether oxygens (including phenoxy) is 1. The molecule has 12 heteroatoms. The zero-order chi connectivity index (χ0) is 23.1. The van der Waals surface area contributed by atoms with Crippen molar-refractivity contribution in [2.75, 3.05) is 12.4 Å². The first-order valence-corrected chi connectivity index (χ1v) is 11.2. The highest BCUT2D eigenvalue weighted by atomic mass is 32.2. The molecular weight excluding hydrogens is 438 g/mol. The number of benzene rings is 1. The fraction of sp³-hybridized carbons (Fsp3) is 0.500. The van der Waals surface area contributed by atoms with Crippen LogP contribution in [0.4, 0.5) is 0 Å². The molecule has 5 N–H and O–H groups in total. The summed E-state index contributed by atoms with van der Waals surface area (Å²) in [6.45, 7) is 0.878. The van der Waals surface area contributed by atoms with Gasteiger partial charge >= 0.3 is 0 Å². The zero-order valence-electron chi connectivity index (χ0n) is 17.5. The van der Waals surface area contributed by atoms with Crippen LogP contribution in [-0.2, 0) is 26.6 Å². The third-order valence-corrected chi connectivity index (χ3v) is 5.90. The molecule has 3 rings (SSSR count). The van der Waals surface area contributed by atoms with E-state index in [9.17, 15) is 24.9 Å². The van der Waals surface area contributed by atoms with Crippen LogP contribution in [-0.4, -0.2) is 78.8 Å². The average molecular weight is 466 g/mol. The Morgan fingerprint density at radius 2 is 1.97 bits per heavy atom. The fourth-order valence-corrected chi connectivity index (χ4v) is 4.13. The highest BCUT2D eigenvalue weighted by Gasteiger charge is 2.46. The molecule has 5 atom stereocenters. The summed E-state index contributed by atoms with van der Waals surface area (Å²) in [6.07, 6.45) is -3.33. The maximum absolute atomic E-state index is 12.1.